The molecule has 0 heterocycles. The maximum absolute atomic E-state index is 13.5. The number of amides is 1. The molecule has 6 heteroatoms. The Morgan fingerprint density at radius 3 is 2.33 bits per heavy atom. The fourth-order valence-corrected chi connectivity index (χ4v) is 5.89. The molecule has 1 aliphatic carbocycles. The quantitative estimate of drug-likeness (QED) is 0.540. The highest BCUT2D eigenvalue weighted by Crippen LogP contribution is 2.27. The molecule has 5 nitrogen and oxygen atoms in total. The van der Waals surface area contributed by atoms with Gasteiger partial charge < -0.3 is 5.32 Å². The molecule has 0 radical (unpaired) electrons. The monoisotopic (exact) mass is 462 g/mol. The highest BCUT2D eigenvalue weighted by Gasteiger charge is 2.28. The van der Waals surface area contributed by atoms with Gasteiger partial charge in [-0.3, -0.25) is 9.10 Å². The van der Waals surface area contributed by atoms with E-state index in [1.54, 1.807) is 42.5 Å². The van der Waals surface area contributed by atoms with Crippen LogP contribution in [0.1, 0.15) is 48.1 Å². The van der Waals surface area contributed by atoms with Crippen LogP contribution < -0.4 is 9.62 Å². The van der Waals surface area contributed by atoms with Crippen LogP contribution in [0, 0.1) is 6.92 Å². The number of hydrogen-bond acceptors (Lipinski definition) is 3. The summed E-state index contributed by atoms with van der Waals surface area (Å²) in [6.07, 6.45) is 4.60. The topological polar surface area (TPSA) is 66.5 Å². The van der Waals surface area contributed by atoms with Gasteiger partial charge >= 0.3 is 0 Å². The molecule has 1 aliphatic rings. The fraction of sp³-hybridized carbons (Fsp3) is 0.296. The lowest BCUT2D eigenvalue weighted by Gasteiger charge is -2.26. The molecule has 1 N–H and O–H groups in total. The minimum Gasteiger partial charge on any atom is -0.348 e. The average Bonchev–Trinajstić information content (AvgIpc) is 2.83. The van der Waals surface area contributed by atoms with E-state index < -0.39 is 10.0 Å². The SMILES string of the molecule is Cc1ccccc1N(CC(=O)NC(C)c1ccc2c(c1)CCCC2)S(=O)(=O)c1ccccc1. The Morgan fingerprint density at radius 2 is 1.61 bits per heavy atom. The second-order valence-electron chi connectivity index (χ2n) is 8.64. The maximum atomic E-state index is 13.5. The standard InChI is InChI=1S/C27H30N2O3S/c1-20-10-6-9-15-26(20)29(33(31,32)25-13-4-3-5-14-25)19-27(30)28-21(2)23-17-16-22-11-7-8-12-24(22)18-23/h3-6,9-10,13-18,21H,7-8,11-12,19H2,1-2H3,(H,28,30). The number of rotatable bonds is 7. The summed E-state index contributed by atoms with van der Waals surface area (Å²) in [5.74, 6) is -0.344. The Balaban J connectivity index is 1.57. The molecule has 3 aromatic rings. The fourth-order valence-electron chi connectivity index (χ4n) is 4.39. The first kappa shape index (κ1) is 23.1. The largest absolute Gasteiger partial charge is 0.348 e. The number of anilines is 1. The molecule has 172 valence electrons. The van der Waals surface area contributed by atoms with Crippen molar-refractivity contribution in [2.24, 2.45) is 0 Å². The molecule has 0 spiro atoms. The van der Waals surface area contributed by atoms with E-state index in [4.69, 9.17) is 0 Å². The van der Waals surface area contributed by atoms with Crippen LogP contribution in [-0.2, 0) is 27.7 Å². The first-order valence-corrected chi connectivity index (χ1v) is 12.8. The molecule has 33 heavy (non-hydrogen) atoms. The number of nitrogens with one attached hydrogen (secondary N) is 1. The second kappa shape index (κ2) is 9.79. The van der Waals surface area contributed by atoms with Crippen LogP contribution in [0.2, 0.25) is 0 Å². The third-order valence-corrected chi connectivity index (χ3v) is 8.03. The minimum absolute atomic E-state index is 0.156. The van der Waals surface area contributed by atoms with E-state index in [0.717, 1.165) is 24.0 Å². The highest BCUT2D eigenvalue weighted by atomic mass is 32.2. The van der Waals surface area contributed by atoms with Gasteiger partial charge in [0.05, 0.1) is 16.6 Å². The smallest absolute Gasteiger partial charge is 0.264 e. The Kier molecular flexibility index (Phi) is 6.84. The van der Waals surface area contributed by atoms with E-state index in [1.807, 2.05) is 26.0 Å². The van der Waals surface area contributed by atoms with Gasteiger partial charge in [0.25, 0.3) is 10.0 Å². The normalized spacial score (nSPS) is 14.2. The van der Waals surface area contributed by atoms with Crippen LogP contribution >= 0.6 is 0 Å². The van der Waals surface area contributed by atoms with Crippen molar-refractivity contribution in [3.63, 3.8) is 0 Å². The van der Waals surface area contributed by atoms with Gasteiger partial charge in [-0.25, -0.2) is 8.42 Å². The predicted octanol–water partition coefficient (Wildman–Crippen LogP) is 4.95. The van der Waals surface area contributed by atoms with Gasteiger partial charge in [-0.1, -0.05) is 54.6 Å². The molecule has 1 atom stereocenters. The van der Waals surface area contributed by atoms with Crippen LogP contribution in [0.3, 0.4) is 0 Å². The van der Waals surface area contributed by atoms with E-state index in [9.17, 15) is 13.2 Å². The van der Waals surface area contributed by atoms with Gasteiger partial charge in [0.1, 0.15) is 6.54 Å². The van der Waals surface area contributed by atoms with Crippen LogP contribution in [0.15, 0.2) is 77.7 Å². The van der Waals surface area contributed by atoms with E-state index in [-0.39, 0.29) is 23.4 Å². The molecule has 0 bridgehead atoms. The van der Waals surface area contributed by atoms with Crippen molar-refractivity contribution >= 4 is 21.6 Å². The third-order valence-electron chi connectivity index (χ3n) is 6.25. The number of aryl methyl sites for hydroxylation is 3. The first-order valence-electron chi connectivity index (χ1n) is 11.4. The number of para-hydroxylation sites is 1. The molecule has 0 aromatic heterocycles. The number of sulfonamides is 1. The van der Waals surface area contributed by atoms with Crippen molar-refractivity contribution in [2.45, 2.75) is 50.5 Å². The second-order valence-corrected chi connectivity index (χ2v) is 10.5. The summed E-state index contributed by atoms with van der Waals surface area (Å²) >= 11 is 0. The van der Waals surface area contributed by atoms with Crippen molar-refractivity contribution in [2.75, 3.05) is 10.8 Å². The summed E-state index contributed by atoms with van der Waals surface area (Å²) in [4.78, 5) is 13.2. The minimum atomic E-state index is -3.91. The molecular weight excluding hydrogens is 432 g/mol. The summed E-state index contributed by atoms with van der Waals surface area (Å²) in [5.41, 5.74) is 5.07. The van der Waals surface area contributed by atoms with Gasteiger partial charge in [0.15, 0.2) is 0 Å². The Labute approximate surface area is 196 Å². The van der Waals surface area contributed by atoms with Crippen molar-refractivity contribution in [1.82, 2.24) is 5.32 Å². The number of carbonyl (C=O) groups excluding carboxylic acids is 1. The molecule has 0 aliphatic heterocycles. The summed E-state index contributed by atoms with van der Waals surface area (Å²) < 4.78 is 28.2. The lowest BCUT2D eigenvalue weighted by atomic mass is 9.89. The van der Waals surface area contributed by atoms with Crippen molar-refractivity contribution in [3.8, 4) is 0 Å². The molecule has 0 saturated heterocycles. The zero-order valence-electron chi connectivity index (χ0n) is 19.1. The average molecular weight is 463 g/mol. The molecule has 3 aromatic carbocycles. The molecule has 0 saturated carbocycles. The molecular formula is C27H30N2O3S. The van der Waals surface area contributed by atoms with Crippen LogP contribution in [-0.4, -0.2) is 20.9 Å². The van der Waals surface area contributed by atoms with Gasteiger partial charge in [0, 0.05) is 0 Å². The highest BCUT2D eigenvalue weighted by molar-refractivity contribution is 7.92. The van der Waals surface area contributed by atoms with E-state index in [2.05, 4.69) is 23.5 Å². The lowest BCUT2D eigenvalue weighted by Crippen LogP contribution is -2.41. The number of fused-ring (bicyclic) bond motifs is 1. The Hall–Kier alpha value is -3.12. The van der Waals surface area contributed by atoms with Gasteiger partial charge in [0.2, 0.25) is 5.91 Å². The van der Waals surface area contributed by atoms with Crippen LogP contribution in [0.5, 0.6) is 0 Å². The lowest BCUT2D eigenvalue weighted by molar-refractivity contribution is -0.120. The number of nitrogens with zero attached hydrogens (tertiary/aromatic N) is 1. The Bertz CT molecular complexity index is 1240. The molecule has 0 fully saturated rings. The van der Waals surface area contributed by atoms with Crippen LogP contribution in [0.25, 0.3) is 0 Å². The van der Waals surface area contributed by atoms with E-state index in [0.29, 0.717) is 5.69 Å². The molecule has 1 unspecified atom stereocenters. The summed E-state index contributed by atoms with van der Waals surface area (Å²) in [5, 5.41) is 3.00. The summed E-state index contributed by atoms with van der Waals surface area (Å²) in [6.45, 7) is 3.49. The van der Waals surface area contributed by atoms with Gasteiger partial charge in [-0.15, -0.1) is 0 Å². The number of benzene rings is 3. The zero-order valence-corrected chi connectivity index (χ0v) is 19.9. The maximum Gasteiger partial charge on any atom is 0.264 e. The zero-order chi connectivity index (χ0) is 23.4. The van der Waals surface area contributed by atoms with Crippen molar-refractivity contribution in [3.05, 3.63) is 95.1 Å². The molecule has 4 rings (SSSR count). The Morgan fingerprint density at radius 1 is 0.939 bits per heavy atom. The summed E-state index contributed by atoms with van der Waals surface area (Å²) in [7, 11) is -3.91. The van der Waals surface area contributed by atoms with Crippen molar-refractivity contribution < 1.29 is 13.2 Å². The summed E-state index contributed by atoms with van der Waals surface area (Å²) in [6, 6.07) is 21.6. The number of hydrogen-bond donors (Lipinski definition) is 1. The van der Waals surface area contributed by atoms with E-state index >= 15 is 0 Å². The van der Waals surface area contributed by atoms with Gasteiger partial charge in [-0.05, 0) is 80.0 Å². The third kappa shape index (κ3) is 5.11. The first-order chi connectivity index (χ1) is 15.9. The van der Waals surface area contributed by atoms with E-state index in [1.165, 1.54) is 28.3 Å². The predicted molar refractivity (Wildman–Crippen MR) is 132 cm³/mol. The van der Waals surface area contributed by atoms with Crippen molar-refractivity contribution in [1.29, 1.82) is 0 Å². The molecule has 1 amide bonds. The van der Waals surface area contributed by atoms with Crippen LogP contribution in [0.4, 0.5) is 5.69 Å². The number of carbonyl (C=O) groups is 1. The van der Waals surface area contributed by atoms with Gasteiger partial charge in [-0.2, -0.15) is 0 Å².